The summed E-state index contributed by atoms with van der Waals surface area (Å²) in [5.41, 5.74) is 0.857. The second-order valence-corrected chi connectivity index (χ2v) is 5.75. The van der Waals surface area contributed by atoms with Gasteiger partial charge in [-0.25, -0.2) is 9.97 Å². The maximum absolute atomic E-state index is 12.6. The van der Waals surface area contributed by atoms with Gasteiger partial charge < -0.3 is 10.2 Å². The Bertz CT molecular complexity index is 415. The Morgan fingerprint density at radius 1 is 1.14 bits per heavy atom. The molecule has 21 heavy (non-hydrogen) atoms. The molecule has 0 atom stereocenters. The van der Waals surface area contributed by atoms with Crippen LogP contribution < -0.4 is 10.2 Å². The molecule has 0 unspecified atom stereocenters. The van der Waals surface area contributed by atoms with Gasteiger partial charge in [-0.15, -0.1) is 0 Å². The maximum atomic E-state index is 12.6. The third kappa shape index (κ3) is 6.75. The van der Waals surface area contributed by atoms with E-state index in [1.54, 1.807) is 26.2 Å². The third-order valence-corrected chi connectivity index (χ3v) is 2.80. The summed E-state index contributed by atoms with van der Waals surface area (Å²) in [5, 5.41) is 3.24. The number of hydrogen-bond donors (Lipinski definition) is 1. The second-order valence-electron chi connectivity index (χ2n) is 5.75. The zero-order valence-electron chi connectivity index (χ0n) is 12.9. The van der Waals surface area contributed by atoms with Crippen molar-refractivity contribution < 1.29 is 13.2 Å². The van der Waals surface area contributed by atoms with Crippen molar-refractivity contribution in [3.63, 3.8) is 0 Å². The van der Waals surface area contributed by atoms with Crippen LogP contribution in [-0.4, -0.2) is 35.3 Å². The van der Waals surface area contributed by atoms with Gasteiger partial charge in [-0.3, -0.25) is 0 Å². The Hall–Kier alpha value is -1.37. The minimum absolute atomic E-state index is 0.106. The third-order valence-electron chi connectivity index (χ3n) is 2.80. The van der Waals surface area contributed by atoms with E-state index >= 15 is 0 Å². The van der Waals surface area contributed by atoms with Gasteiger partial charge in [-0.2, -0.15) is 13.2 Å². The number of hydrogen-bond acceptors (Lipinski definition) is 4. The van der Waals surface area contributed by atoms with Crippen molar-refractivity contribution in [2.24, 2.45) is 5.92 Å². The summed E-state index contributed by atoms with van der Waals surface area (Å²) < 4.78 is 37.7. The minimum Gasteiger partial charge on any atom is -0.329 e. The topological polar surface area (TPSA) is 41.1 Å². The summed E-state index contributed by atoms with van der Waals surface area (Å²) in [6.45, 7) is 8.01. The highest BCUT2D eigenvalue weighted by Gasteiger charge is 2.33. The van der Waals surface area contributed by atoms with Gasteiger partial charge in [0.15, 0.2) is 0 Å². The molecule has 0 saturated carbocycles. The van der Waals surface area contributed by atoms with Crippen molar-refractivity contribution in [1.29, 1.82) is 0 Å². The highest BCUT2D eigenvalue weighted by Crippen LogP contribution is 2.21. The lowest BCUT2D eigenvalue weighted by atomic mass is 10.2. The van der Waals surface area contributed by atoms with Crippen LogP contribution in [0.3, 0.4) is 0 Å². The first-order chi connectivity index (χ1) is 9.69. The van der Waals surface area contributed by atoms with Crippen molar-refractivity contribution in [2.45, 2.75) is 46.5 Å². The largest absolute Gasteiger partial charge is 0.406 e. The summed E-state index contributed by atoms with van der Waals surface area (Å²) in [6.07, 6.45) is -1.13. The predicted octanol–water partition coefficient (Wildman–Crippen LogP) is 3.00. The van der Waals surface area contributed by atoms with Gasteiger partial charge in [0.2, 0.25) is 5.95 Å². The van der Waals surface area contributed by atoms with Crippen LogP contribution in [0.15, 0.2) is 12.4 Å². The first kappa shape index (κ1) is 17.7. The van der Waals surface area contributed by atoms with Crippen molar-refractivity contribution in [1.82, 2.24) is 15.3 Å². The van der Waals surface area contributed by atoms with Gasteiger partial charge in [0.25, 0.3) is 0 Å². The summed E-state index contributed by atoms with van der Waals surface area (Å²) >= 11 is 0. The molecule has 0 radical (unpaired) electrons. The molecule has 4 nitrogen and oxygen atoms in total. The van der Waals surface area contributed by atoms with Crippen LogP contribution in [-0.2, 0) is 6.54 Å². The number of anilines is 1. The SMILES string of the molecule is CC(C)CNCc1cnc(N(CC(F)(F)F)C(C)C)nc1. The first-order valence-electron chi connectivity index (χ1n) is 7.04. The van der Waals surface area contributed by atoms with E-state index in [0.717, 1.165) is 17.0 Å². The number of halogens is 3. The Balaban J connectivity index is 2.69. The Morgan fingerprint density at radius 3 is 2.14 bits per heavy atom. The molecule has 0 fully saturated rings. The number of alkyl halides is 3. The van der Waals surface area contributed by atoms with Crippen LogP contribution in [0.4, 0.5) is 19.1 Å². The van der Waals surface area contributed by atoms with Gasteiger partial charge in [0.1, 0.15) is 6.54 Å². The predicted molar refractivity (Wildman–Crippen MR) is 77.1 cm³/mol. The maximum Gasteiger partial charge on any atom is 0.406 e. The standard InChI is InChI=1S/C14H23F3N4/c1-10(2)5-18-6-12-7-19-13(20-8-12)21(11(3)4)9-14(15,16)17/h7-8,10-11,18H,5-6,9H2,1-4H3. The monoisotopic (exact) mass is 304 g/mol. The molecule has 0 aliphatic rings. The smallest absolute Gasteiger partial charge is 0.329 e. The van der Waals surface area contributed by atoms with Crippen molar-refractivity contribution in [3.05, 3.63) is 18.0 Å². The Labute approximate surface area is 123 Å². The number of rotatable bonds is 7. The Morgan fingerprint density at radius 2 is 1.71 bits per heavy atom. The molecule has 1 aromatic heterocycles. The minimum atomic E-state index is -4.27. The van der Waals surface area contributed by atoms with E-state index in [4.69, 9.17) is 0 Å². The van der Waals surface area contributed by atoms with E-state index in [-0.39, 0.29) is 12.0 Å². The van der Waals surface area contributed by atoms with E-state index in [2.05, 4.69) is 29.1 Å². The lowest BCUT2D eigenvalue weighted by Gasteiger charge is -2.27. The van der Waals surface area contributed by atoms with Gasteiger partial charge in [-0.1, -0.05) is 13.8 Å². The number of nitrogens with one attached hydrogen (secondary N) is 1. The molecule has 1 aromatic rings. The molecule has 0 spiro atoms. The van der Waals surface area contributed by atoms with E-state index < -0.39 is 12.7 Å². The quantitative estimate of drug-likeness (QED) is 0.841. The van der Waals surface area contributed by atoms with Crippen molar-refractivity contribution >= 4 is 5.95 Å². The molecule has 0 amide bonds. The van der Waals surface area contributed by atoms with E-state index in [1.807, 2.05) is 0 Å². The van der Waals surface area contributed by atoms with Crippen LogP contribution >= 0.6 is 0 Å². The summed E-state index contributed by atoms with van der Waals surface area (Å²) in [6, 6.07) is -0.323. The van der Waals surface area contributed by atoms with Crippen molar-refractivity contribution in [2.75, 3.05) is 18.0 Å². The summed E-state index contributed by atoms with van der Waals surface area (Å²) in [4.78, 5) is 9.26. The van der Waals surface area contributed by atoms with E-state index in [0.29, 0.717) is 12.5 Å². The van der Waals surface area contributed by atoms with Gasteiger partial charge >= 0.3 is 6.18 Å². The van der Waals surface area contributed by atoms with Crippen molar-refractivity contribution in [3.8, 4) is 0 Å². The van der Waals surface area contributed by atoms with Crippen LogP contribution in [0.5, 0.6) is 0 Å². The van der Waals surface area contributed by atoms with Crippen LogP contribution in [0.25, 0.3) is 0 Å². The molecule has 0 aliphatic carbocycles. The highest BCUT2D eigenvalue weighted by molar-refractivity contribution is 5.31. The van der Waals surface area contributed by atoms with E-state index in [1.165, 1.54) is 0 Å². The summed E-state index contributed by atoms with van der Waals surface area (Å²) in [7, 11) is 0. The lowest BCUT2D eigenvalue weighted by Crippen LogP contribution is -2.40. The fourth-order valence-corrected chi connectivity index (χ4v) is 1.77. The fourth-order valence-electron chi connectivity index (χ4n) is 1.77. The summed E-state index contributed by atoms with van der Waals surface area (Å²) in [5.74, 6) is 0.642. The molecule has 0 aromatic carbocycles. The molecule has 0 bridgehead atoms. The molecule has 120 valence electrons. The molecule has 1 N–H and O–H groups in total. The normalized spacial score (nSPS) is 12.2. The van der Waals surface area contributed by atoms with Crippen LogP contribution in [0.2, 0.25) is 0 Å². The van der Waals surface area contributed by atoms with Gasteiger partial charge in [0.05, 0.1) is 0 Å². The van der Waals surface area contributed by atoms with E-state index in [9.17, 15) is 13.2 Å². The van der Waals surface area contributed by atoms with Gasteiger partial charge in [-0.05, 0) is 26.3 Å². The lowest BCUT2D eigenvalue weighted by molar-refractivity contribution is -0.120. The molecule has 0 saturated heterocycles. The zero-order valence-corrected chi connectivity index (χ0v) is 12.9. The molecule has 1 rings (SSSR count). The van der Waals surface area contributed by atoms with Gasteiger partial charge in [0, 0.05) is 30.5 Å². The van der Waals surface area contributed by atoms with Crippen LogP contribution in [0, 0.1) is 5.92 Å². The second kappa shape index (κ2) is 7.59. The average Bonchev–Trinajstić information content (AvgIpc) is 2.35. The molecular formula is C14H23F3N4. The molecular weight excluding hydrogens is 281 g/mol. The molecule has 0 aliphatic heterocycles. The van der Waals surface area contributed by atoms with Crippen LogP contribution in [0.1, 0.15) is 33.3 Å². The Kier molecular flexibility index (Phi) is 6.39. The average molecular weight is 304 g/mol. The first-order valence-corrected chi connectivity index (χ1v) is 7.04. The number of aromatic nitrogens is 2. The fraction of sp³-hybridized carbons (Fsp3) is 0.714. The number of nitrogens with zero attached hydrogens (tertiary/aromatic N) is 3. The molecule has 1 heterocycles. The zero-order chi connectivity index (χ0) is 16.0. The highest BCUT2D eigenvalue weighted by atomic mass is 19.4. The molecule has 7 heteroatoms.